The van der Waals surface area contributed by atoms with E-state index in [2.05, 4.69) is 9.13 Å². The van der Waals surface area contributed by atoms with E-state index < -0.39 is 16.0 Å². The van der Waals surface area contributed by atoms with Crippen LogP contribution in [0.2, 0.25) is 0 Å². The van der Waals surface area contributed by atoms with Gasteiger partial charge in [0.05, 0.1) is 12.7 Å². The molecular formula is C10H9NO5S2. The lowest BCUT2D eigenvalue weighted by molar-refractivity contribution is 0.0595. The van der Waals surface area contributed by atoms with Crippen LogP contribution in [0.25, 0.3) is 0 Å². The molecular weight excluding hydrogens is 278 g/mol. The van der Waals surface area contributed by atoms with Crippen LogP contribution in [0.4, 0.5) is 0 Å². The summed E-state index contributed by atoms with van der Waals surface area (Å²) >= 11 is 1.11. The summed E-state index contributed by atoms with van der Waals surface area (Å²) in [5, 5.41) is 0. The normalized spacial score (nSPS) is 10.6. The zero-order valence-corrected chi connectivity index (χ0v) is 11.2. The van der Waals surface area contributed by atoms with Crippen molar-refractivity contribution in [2.45, 2.75) is 9.79 Å². The second kappa shape index (κ2) is 5.81. The highest BCUT2D eigenvalue weighted by Crippen LogP contribution is 2.29. The summed E-state index contributed by atoms with van der Waals surface area (Å²) in [6.45, 7) is 0. The van der Waals surface area contributed by atoms with E-state index in [1.165, 1.54) is 18.2 Å². The molecule has 18 heavy (non-hydrogen) atoms. The summed E-state index contributed by atoms with van der Waals surface area (Å²) in [5.41, 5.74) is -0.164. The van der Waals surface area contributed by atoms with Gasteiger partial charge in [-0.15, -0.1) is 11.8 Å². The van der Waals surface area contributed by atoms with E-state index >= 15 is 0 Å². The van der Waals surface area contributed by atoms with Crippen molar-refractivity contribution in [3.05, 3.63) is 23.8 Å². The lowest BCUT2D eigenvalue weighted by Crippen LogP contribution is -2.10. The van der Waals surface area contributed by atoms with Crippen LogP contribution in [0.3, 0.4) is 0 Å². The fourth-order valence-corrected chi connectivity index (χ4v) is 3.32. The van der Waals surface area contributed by atoms with Gasteiger partial charge in [0.15, 0.2) is 0 Å². The van der Waals surface area contributed by atoms with Gasteiger partial charge in [0.25, 0.3) is 16.1 Å². The third-order valence-corrected chi connectivity index (χ3v) is 4.20. The van der Waals surface area contributed by atoms with Crippen LogP contribution in [0, 0.1) is 0 Å². The molecule has 6 nitrogen and oxygen atoms in total. The van der Waals surface area contributed by atoms with Gasteiger partial charge >= 0.3 is 5.97 Å². The maximum absolute atomic E-state index is 11.8. The van der Waals surface area contributed by atoms with Crippen molar-refractivity contribution in [3.63, 3.8) is 0 Å². The van der Waals surface area contributed by atoms with Crippen molar-refractivity contribution in [1.82, 2.24) is 0 Å². The van der Waals surface area contributed by atoms with Gasteiger partial charge in [-0.3, -0.25) is 0 Å². The van der Waals surface area contributed by atoms with Crippen LogP contribution in [0.15, 0.2) is 32.4 Å². The minimum atomic E-state index is -4.26. The highest BCUT2D eigenvalue weighted by molar-refractivity contribution is 7.99. The predicted octanol–water partition coefficient (Wildman–Crippen LogP) is 1.22. The molecule has 8 heteroatoms. The number of benzene rings is 1. The standard InChI is InChI=1S/C10H9NO5S2/c1-16-10(13)7-4-3-5-8(17-2)9(7)18(14,15)11-6-12/h3-5H,1-2H3. The Morgan fingerprint density at radius 2 is 2.11 bits per heavy atom. The third-order valence-electron chi connectivity index (χ3n) is 2.02. The van der Waals surface area contributed by atoms with Crippen molar-refractivity contribution in [3.8, 4) is 0 Å². The van der Waals surface area contributed by atoms with Crippen molar-refractivity contribution < 1.29 is 22.7 Å². The van der Waals surface area contributed by atoms with E-state index in [-0.39, 0.29) is 10.5 Å². The van der Waals surface area contributed by atoms with Gasteiger partial charge in [0.2, 0.25) is 0 Å². The van der Waals surface area contributed by atoms with Crippen molar-refractivity contribution in [1.29, 1.82) is 0 Å². The highest BCUT2D eigenvalue weighted by atomic mass is 32.2. The summed E-state index contributed by atoms with van der Waals surface area (Å²) in [6.07, 6.45) is 2.61. The molecule has 0 N–H and O–H groups in total. The molecule has 1 rings (SSSR count). The summed E-state index contributed by atoms with van der Waals surface area (Å²) in [5.74, 6) is -0.814. The minimum absolute atomic E-state index is 0.164. The Morgan fingerprint density at radius 1 is 1.44 bits per heavy atom. The molecule has 0 aliphatic rings. The molecule has 0 saturated heterocycles. The zero-order chi connectivity index (χ0) is 13.8. The molecule has 1 aromatic carbocycles. The lowest BCUT2D eigenvalue weighted by Gasteiger charge is -2.09. The fourth-order valence-electron chi connectivity index (χ4n) is 1.31. The number of rotatable bonds is 4. The maximum Gasteiger partial charge on any atom is 0.339 e. The third kappa shape index (κ3) is 2.79. The van der Waals surface area contributed by atoms with Gasteiger partial charge in [0.1, 0.15) is 4.90 Å². The number of esters is 1. The quantitative estimate of drug-likeness (QED) is 0.358. The number of isocyanates is 1. The van der Waals surface area contributed by atoms with E-state index in [1.54, 1.807) is 6.26 Å². The molecule has 0 atom stereocenters. The van der Waals surface area contributed by atoms with Crippen LogP contribution in [0.5, 0.6) is 0 Å². The van der Waals surface area contributed by atoms with Crippen molar-refractivity contribution in [2.75, 3.05) is 13.4 Å². The minimum Gasteiger partial charge on any atom is -0.465 e. The molecule has 96 valence electrons. The lowest BCUT2D eigenvalue weighted by atomic mass is 10.2. The van der Waals surface area contributed by atoms with Crippen molar-refractivity contribution >= 4 is 33.8 Å². The topological polar surface area (TPSA) is 89.9 Å². The average Bonchev–Trinajstić information content (AvgIpc) is 2.36. The number of carbonyl (C=O) groups is 1. The number of hydrogen-bond donors (Lipinski definition) is 0. The second-order valence-electron chi connectivity index (χ2n) is 2.99. The average molecular weight is 287 g/mol. The van der Waals surface area contributed by atoms with Gasteiger partial charge in [-0.25, -0.2) is 9.59 Å². The Labute approximate surface area is 108 Å². The highest BCUT2D eigenvalue weighted by Gasteiger charge is 2.26. The molecule has 0 bridgehead atoms. The van der Waals surface area contributed by atoms with E-state index in [4.69, 9.17) is 0 Å². The molecule has 0 aromatic heterocycles. The summed E-state index contributed by atoms with van der Waals surface area (Å²) in [6, 6.07) is 4.31. The Morgan fingerprint density at radius 3 is 2.61 bits per heavy atom. The maximum atomic E-state index is 11.8. The number of hydrogen-bond acceptors (Lipinski definition) is 6. The SMILES string of the molecule is COC(=O)c1cccc(SC)c1S(=O)(=O)N=C=O. The Bertz CT molecular complexity index is 617. The Hall–Kier alpha value is -1.63. The number of methoxy groups -OCH3 is 1. The monoisotopic (exact) mass is 287 g/mol. The molecule has 0 saturated carbocycles. The molecule has 1 aromatic rings. The summed E-state index contributed by atoms with van der Waals surface area (Å²) < 4.78 is 30.9. The first-order valence-corrected chi connectivity index (χ1v) is 7.24. The fraction of sp³-hybridized carbons (Fsp3) is 0.200. The summed E-state index contributed by atoms with van der Waals surface area (Å²) in [4.78, 5) is 21.6. The Balaban J connectivity index is 3.67. The number of sulfonamides is 1. The van der Waals surface area contributed by atoms with Gasteiger partial charge in [-0.1, -0.05) is 10.5 Å². The number of ether oxygens (including phenoxy) is 1. The number of thioether (sulfide) groups is 1. The van der Waals surface area contributed by atoms with Crippen LogP contribution < -0.4 is 0 Å². The zero-order valence-electron chi connectivity index (χ0n) is 9.54. The second-order valence-corrected chi connectivity index (χ2v) is 5.38. The molecule has 0 unspecified atom stereocenters. The van der Waals surface area contributed by atoms with Gasteiger partial charge in [0, 0.05) is 4.90 Å². The van der Waals surface area contributed by atoms with Crippen molar-refractivity contribution in [2.24, 2.45) is 4.40 Å². The van der Waals surface area contributed by atoms with E-state index in [0.717, 1.165) is 25.0 Å². The van der Waals surface area contributed by atoms with Crippen LogP contribution in [0.1, 0.15) is 10.4 Å². The van der Waals surface area contributed by atoms with E-state index in [9.17, 15) is 18.0 Å². The van der Waals surface area contributed by atoms with Crippen LogP contribution in [-0.2, 0) is 19.6 Å². The summed E-state index contributed by atoms with van der Waals surface area (Å²) in [7, 11) is -3.13. The van der Waals surface area contributed by atoms with Gasteiger partial charge in [-0.05, 0) is 18.4 Å². The largest absolute Gasteiger partial charge is 0.465 e. The molecule has 0 spiro atoms. The van der Waals surface area contributed by atoms with E-state index in [0.29, 0.717) is 4.90 Å². The smallest absolute Gasteiger partial charge is 0.339 e. The van der Waals surface area contributed by atoms with Crippen LogP contribution >= 0.6 is 11.8 Å². The van der Waals surface area contributed by atoms with Gasteiger partial charge < -0.3 is 4.74 Å². The first-order chi connectivity index (χ1) is 8.47. The molecule has 0 fully saturated rings. The molecule has 0 aliphatic heterocycles. The number of carbonyl (C=O) groups excluding carboxylic acids is 2. The Kier molecular flexibility index (Phi) is 4.66. The first-order valence-electron chi connectivity index (χ1n) is 4.57. The predicted molar refractivity (Wildman–Crippen MR) is 64.9 cm³/mol. The van der Waals surface area contributed by atoms with E-state index in [1.807, 2.05) is 0 Å². The molecule has 0 amide bonds. The van der Waals surface area contributed by atoms with Crippen LogP contribution in [-0.4, -0.2) is 33.8 Å². The molecule has 0 radical (unpaired) electrons. The first kappa shape index (κ1) is 14.4. The number of nitrogens with zero attached hydrogens (tertiary/aromatic N) is 1. The van der Waals surface area contributed by atoms with Gasteiger partial charge in [-0.2, -0.15) is 8.42 Å². The molecule has 0 heterocycles. The molecule has 0 aliphatic carbocycles.